The molecule has 2 atom stereocenters. The first kappa shape index (κ1) is 11.4. The van der Waals surface area contributed by atoms with Crippen molar-refractivity contribution >= 4 is 0 Å². The molecule has 0 radical (unpaired) electrons. The van der Waals surface area contributed by atoms with Gasteiger partial charge in [-0.3, -0.25) is 4.90 Å². The van der Waals surface area contributed by atoms with E-state index in [1.807, 2.05) is 0 Å². The van der Waals surface area contributed by atoms with E-state index in [1.54, 1.807) is 0 Å². The summed E-state index contributed by atoms with van der Waals surface area (Å²) in [6.45, 7) is 13.4. The predicted molar refractivity (Wildman–Crippen MR) is 65.1 cm³/mol. The standard InChI is InChI=1S/C13H26N2/c1-11-8-13(6-7-14(5)9-13)10-15(11)12(2,3)4/h11H,6-10H2,1-5H3/t11-,13?/m0/s1. The SMILES string of the molecule is C[C@H]1CC2(CCN(C)C2)CN1C(C)(C)C. The number of likely N-dealkylation sites (tertiary alicyclic amines) is 2. The van der Waals surface area contributed by atoms with Gasteiger partial charge in [0.2, 0.25) is 0 Å². The molecule has 2 fully saturated rings. The molecule has 0 aromatic heterocycles. The van der Waals surface area contributed by atoms with E-state index in [9.17, 15) is 0 Å². The lowest BCUT2D eigenvalue weighted by molar-refractivity contribution is 0.118. The lowest BCUT2D eigenvalue weighted by Gasteiger charge is -2.36. The lowest BCUT2D eigenvalue weighted by Crippen LogP contribution is -2.44. The van der Waals surface area contributed by atoms with Crippen LogP contribution < -0.4 is 0 Å². The highest BCUT2D eigenvalue weighted by Gasteiger charge is 2.48. The minimum absolute atomic E-state index is 0.337. The Hall–Kier alpha value is -0.0800. The smallest absolute Gasteiger partial charge is 0.0128 e. The van der Waals surface area contributed by atoms with Crippen LogP contribution in [0.1, 0.15) is 40.5 Å². The predicted octanol–water partition coefficient (Wildman–Crippen LogP) is 2.20. The molecule has 0 aromatic carbocycles. The third kappa shape index (κ3) is 2.07. The first-order chi connectivity index (χ1) is 6.82. The Balaban J connectivity index is 2.10. The second kappa shape index (κ2) is 3.46. The van der Waals surface area contributed by atoms with Crippen molar-refractivity contribution in [3.63, 3.8) is 0 Å². The molecule has 1 spiro atoms. The zero-order chi connectivity index (χ0) is 11.3. The summed E-state index contributed by atoms with van der Waals surface area (Å²) in [6.07, 6.45) is 2.80. The summed E-state index contributed by atoms with van der Waals surface area (Å²) in [5.74, 6) is 0. The number of rotatable bonds is 0. The van der Waals surface area contributed by atoms with Gasteiger partial charge in [-0.2, -0.15) is 0 Å². The van der Waals surface area contributed by atoms with Crippen LogP contribution >= 0.6 is 0 Å². The second-order valence-electron chi connectivity index (χ2n) is 6.84. The molecule has 0 aliphatic carbocycles. The summed E-state index contributed by atoms with van der Waals surface area (Å²) in [7, 11) is 2.26. The van der Waals surface area contributed by atoms with Crippen LogP contribution in [0.4, 0.5) is 0 Å². The highest BCUT2D eigenvalue weighted by Crippen LogP contribution is 2.44. The quantitative estimate of drug-likeness (QED) is 0.605. The van der Waals surface area contributed by atoms with Crippen LogP contribution in [0.2, 0.25) is 0 Å². The van der Waals surface area contributed by atoms with Crippen molar-refractivity contribution in [2.45, 2.75) is 52.1 Å². The Bertz CT molecular complexity index is 243. The maximum atomic E-state index is 2.70. The fourth-order valence-corrected chi connectivity index (χ4v) is 3.67. The highest BCUT2D eigenvalue weighted by molar-refractivity contribution is 5.02. The van der Waals surface area contributed by atoms with Gasteiger partial charge in [-0.15, -0.1) is 0 Å². The molecule has 2 aliphatic heterocycles. The van der Waals surface area contributed by atoms with Gasteiger partial charge in [0, 0.05) is 24.7 Å². The largest absolute Gasteiger partial charge is 0.306 e. The molecule has 2 nitrogen and oxygen atoms in total. The summed E-state index contributed by atoms with van der Waals surface area (Å²) in [4.78, 5) is 5.20. The fraction of sp³-hybridized carbons (Fsp3) is 1.00. The van der Waals surface area contributed by atoms with Crippen LogP contribution in [0.5, 0.6) is 0 Å². The molecule has 2 saturated heterocycles. The highest BCUT2D eigenvalue weighted by atomic mass is 15.3. The van der Waals surface area contributed by atoms with Gasteiger partial charge >= 0.3 is 0 Å². The minimum Gasteiger partial charge on any atom is -0.306 e. The Morgan fingerprint density at radius 1 is 1.20 bits per heavy atom. The van der Waals surface area contributed by atoms with E-state index in [2.05, 4.69) is 44.5 Å². The molecule has 0 amide bonds. The van der Waals surface area contributed by atoms with Crippen molar-refractivity contribution in [2.24, 2.45) is 5.41 Å². The summed E-state index contributed by atoms with van der Waals surface area (Å²) in [6, 6.07) is 0.761. The number of nitrogens with zero attached hydrogens (tertiary/aromatic N) is 2. The summed E-state index contributed by atoms with van der Waals surface area (Å²) in [5.41, 5.74) is 0.950. The van der Waals surface area contributed by atoms with Crippen molar-refractivity contribution in [2.75, 3.05) is 26.7 Å². The van der Waals surface area contributed by atoms with Crippen LogP contribution in [-0.2, 0) is 0 Å². The molecule has 88 valence electrons. The summed E-state index contributed by atoms with van der Waals surface area (Å²) < 4.78 is 0. The van der Waals surface area contributed by atoms with E-state index in [-0.39, 0.29) is 0 Å². The van der Waals surface area contributed by atoms with Crippen molar-refractivity contribution in [3.05, 3.63) is 0 Å². The van der Waals surface area contributed by atoms with Gasteiger partial charge in [0.15, 0.2) is 0 Å². The van der Waals surface area contributed by atoms with E-state index in [0.29, 0.717) is 11.0 Å². The van der Waals surface area contributed by atoms with Crippen molar-refractivity contribution < 1.29 is 0 Å². The molecule has 15 heavy (non-hydrogen) atoms. The van der Waals surface area contributed by atoms with Crippen molar-refractivity contribution in [1.29, 1.82) is 0 Å². The normalized spacial score (nSPS) is 39.4. The van der Waals surface area contributed by atoms with Crippen molar-refractivity contribution in [1.82, 2.24) is 9.80 Å². The monoisotopic (exact) mass is 210 g/mol. The van der Waals surface area contributed by atoms with Crippen LogP contribution in [-0.4, -0.2) is 48.1 Å². The maximum absolute atomic E-state index is 2.70. The Labute approximate surface area is 94.6 Å². The van der Waals surface area contributed by atoms with Gasteiger partial charge in [-0.1, -0.05) is 0 Å². The Morgan fingerprint density at radius 3 is 2.27 bits per heavy atom. The van der Waals surface area contributed by atoms with Crippen LogP contribution in [0.3, 0.4) is 0 Å². The average Bonchev–Trinajstić information content (AvgIpc) is 2.56. The first-order valence-corrected chi connectivity index (χ1v) is 6.28. The Kier molecular flexibility index (Phi) is 2.63. The molecule has 2 rings (SSSR count). The fourth-order valence-electron chi connectivity index (χ4n) is 3.67. The topological polar surface area (TPSA) is 6.48 Å². The summed E-state index contributed by atoms with van der Waals surface area (Å²) in [5, 5.41) is 0. The van der Waals surface area contributed by atoms with Gasteiger partial charge < -0.3 is 4.90 Å². The number of hydrogen-bond donors (Lipinski definition) is 0. The van der Waals surface area contributed by atoms with E-state index in [1.165, 1.54) is 32.5 Å². The second-order valence-corrected chi connectivity index (χ2v) is 6.84. The molecular formula is C13H26N2. The average molecular weight is 210 g/mol. The van der Waals surface area contributed by atoms with Gasteiger partial charge in [0.05, 0.1) is 0 Å². The first-order valence-electron chi connectivity index (χ1n) is 6.28. The molecule has 2 aliphatic rings. The van der Waals surface area contributed by atoms with Gasteiger partial charge in [0.25, 0.3) is 0 Å². The number of hydrogen-bond acceptors (Lipinski definition) is 2. The zero-order valence-corrected chi connectivity index (χ0v) is 11.0. The molecule has 0 aromatic rings. The van der Waals surface area contributed by atoms with E-state index < -0.39 is 0 Å². The Morgan fingerprint density at radius 2 is 1.87 bits per heavy atom. The molecule has 0 bridgehead atoms. The van der Waals surface area contributed by atoms with Gasteiger partial charge in [-0.05, 0) is 59.5 Å². The van der Waals surface area contributed by atoms with Crippen LogP contribution in [0.15, 0.2) is 0 Å². The van der Waals surface area contributed by atoms with Gasteiger partial charge in [-0.25, -0.2) is 0 Å². The third-order valence-corrected chi connectivity index (χ3v) is 4.26. The zero-order valence-electron chi connectivity index (χ0n) is 11.0. The van der Waals surface area contributed by atoms with Crippen LogP contribution in [0, 0.1) is 5.41 Å². The van der Waals surface area contributed by atoms with Crippen LogP contribution in [0.25, 0.3) is 0 Å². The molecule has 2 heteroatoms. The van der Waals surface area contributed by atoms with E-state index in [4.69, 9.17) is 0 Å². The van der Waals surface area contributed by atoms with E-state index in [0.717, 1.165) is 6.04 Å². The maximum Gasteiger partial charge on any atom is 0.0128 e. The lowest BCUT2D eigenvalue weighted by atomic mass is 9.85. The van der Waals surface area contributed by atoms with Crippen molar-refractivity contribution in [3.8, 4) is 0 Å². The van der Waals surface area contributed by atoms with Gasteiger partial charge in [0.1, 0.15) is 0 Å². The molecular weight excluding hydrogens is 184 g/mol. The molecule has 0 saturated carbocycles. The summed E-state index contributed by atoms with van der Waals surface area (Å²) >= 11 is 0. The molecule has 1 unspecified atom stereocenters. The van der Waals surface area contributed by atoms with E-state index >= 15 is 0 Å². The minimum atomic E-state index is 0.337. The molecule has 0 N–H and O–H groups in total. The third-order valence-electron chi connectivity index (χ3n) is 4.26. The molecule has 2 heterocycles.